The standard InChI is InChI=1S/C18H27N5O2/c1-6-7-8-9-10-11-22-12(2)13(3)23-14-15(19-17(22)23)20(4)18(25)21(5)16(14)24/h6-11H2,1-5H3. The molecule has 0 fully saturated rings. The molecule has 0 amide bonds. The maximum Gasteiger partial charge on any atom is 0.332 e. The van der Waals surface area contributed by atoms with Crippen LogP contribution >= 0.6 is 0 Å². The van der Waals surface area contributed by atoms with Crippen LogP contribution in [0.5, 0.6) is 0 Å². The van der Waals surface area contributed by atoms with E-state index in [1.165, 1.54) is 37.3 Å². The Morgan fingerprint density at radius 1 is 0.920 bits per heavy atom. The molecule has 0 aliphatic rings. The number of unbranched alkanes of at least 4 members (excludes halogenated alkanes) is 4. The predicted molar refractivity (Wildman–Crippen MR) is 99.4 cm³/mol. The van der Waals surface area contributed by atoms with Gasteiger partial charge in [-0.25, -0.2) is 4.79 Å². The molecule has 7 heteroatoms. The molecule has 0 aromatic carbocycles. The first-order valence-corrected chi connectivity index (χ1v) is 9.04. The lowest BCUT2D eigenvalue weighted by molar-refractivity contribution is 0.568. The molecule has 3 aromatic heterocycles. The van der Waals surface area contributed by atoms with E-state index in [-0.39, 0.29) is 11.2 Å². The van der Waals surface area contributed by atoms with Gasteiger partial charge in [-0.2, -0.15) is 4.98 Å². The molecule has 3 heterocycles. The lowest BCUT2D eigenvalue weighted by atomic mass is 10.1. The topological polar surface area (TPSA) is 66.2 Å². The van der Waals surface area contributed by atoms with Gasteiger partial charge in [0.05, 0.1) is 0 Å². The zero-order valence-corrected chi connectivity index (χ0v) is 15.8. The van der Waals surface area contributed by atoms with Gasteiger partial charge in [0.1, 0.15) is 0 Å². The average molecular weight is 345 g/mol. The lowest BCUT2D eigenvalue weighted by Gasteiger charge is -2.06. The summed E-state index contributed by atoms with van der Waals surface area (Å²) in [7, 11) is 3.17. The van der Waals surface area contributed by atoms with Gasteiger partial charge in [-0.3, -0.25) is 18.3 Å². The molecule has 0 radical (unpaired) electrons. The van der Waals surface area contributed by atoms with Gasteiger partial charge in [0, 0.05) is 32.0 Å². The third kappa shape index (κ3) is 2.62. The summed E-state index contributed by atoms with van der Waals surface area (Å²) in [6.45, 7) is 7.16. The molecule has 25 heavy (non-hydrogen) atoms. The Morgan fingerprint density at radius 3 is 2.28 bits per heavy atom. The molecule has 0 aliphatic heterocycles. The highest BCUT2D eigenvalue weighted by Crippen LogP contribution is 2.21. The Kier molecular flexibility index (Phi) is 4.58. The van der Waals surface area contributed by atoms with Crippen LogP contribution in [0.15, 0.2) is 9.59 Å². The molecule has 0 spiro atoms. The molecule has 3 rings (SSSR count). The summed E-state index contributed by atoms with van der Waals surface area (Å²) < 4.78 is 6.67. The van der Waals surface area contributed by atoms with Crippen molar-refractivity contribution in [3.8, 4) is 0 Å². The fourth-order valence-electron chi connectivity index (χ4n) is 3.53. The van der Waals surface area contributed by atoms with Crippen molar-refractivity contribution in [2.24, 2.45) is 14.1 Å². The second-order valence-electron chi connectivity index (χ2n) is 6.86. The SMILES string of the molecule is CCCCCCCn1c(C)c(C)n2c3c(=O)n(C)c(=O)n(C)c3nc12. The normalized spacial score (nSPS) is 11.9. The van der Waals surface area contributed by atoms with Gasteiger partial charge in [0.25, 0.3) is 5.56 Å². The van der Waals surface area contributed by atoms with Gasteiger partial charge in [0.2, 0.25) is 5.78 Å². The van der Waals surface area contributed by atoms with E-state index in [1.807, 2.05) is 11.3 Å². The first-order chi connectivity index (χ1) is 11.9. The van der Waals surface area contributed by atoms with E-state index in [2.05, 4.69) is 23.4 Å². The number of imidazole rings is 2. The largest absolute Gasteiger partial charge is 0.332 e. The molecule has 0 saturated carbocycles. The molecular formula is C18H27N5O2. The van der Waals surface area contributed by atoms with Crippen LogP contribution in [-0.2, 0) is 20.6 Å². The minimum atomic E-state index is -0.348. The third-order valence-corrected chi connectivity index (χ3v) is 5.23. The average Bonchev–Trinajstić information content (AvgIpc) is 3.09. The number of rotatable bonds is 6. The van der Waals surface area contributed by atoms with Crippen LogP contribution in [0.2, 0.25) is 0 Å². The van der Waals surface area contributed by atoms with Crippen molar-refractivity contribution in [2.75, 3.05) is 0 Å². The van der Waals surface area contributed by atoms with E-state index >= 15 is 0 Å². The fourth-order valence-corrected chi connectivity index (χ4v) is 3.53. The smallest absolute Gasteiger partial charge is 0.314 e. The Bertz CT molecular complexity index is 1050. The van der Waals surface area contributed by atoms with Crippen molar-refractivity contribution in [3.63, 3.8) is 0 Å². The summed E-state index contributed by atoms with van der Waals surface area (Å²) >= 11 is 0. The van der Waals surface area contributed by atoms with Crippen molar-refractivity contribution in [1.29, 1.82) is 0 Å². The Labute approximate surface area is 146 Å². The maximum absolute atomic E-state index is 12.7. The second kappa shape index (κ2) is 6.54. The zero-order chi connectivity index (χ0) is 18.3. The van der Waals surface area contributed by atoms with Gasteiger partial charge in [-0.05, 0) is 20.3 Å². The summed E-state index contributed by atoms with van der Waals surface area (Å²) in [4.78, 5) is 29.5. The van der Waals surface area contributed by atoms with Gasteiger partial charge in [-0.1, -0.05) is 32.6 Å². The van der Waals surface area contributed by atoms with Crippen LogP contribution in [0.1, 0.15) is 50.4 Å². The van der Waals surface area contributed by atoms with Crippen molar-refractivity contribution >= 4 is 16.9 Å². The van der Waals surface area contributed by atoms with E-state index in [0.29, 0.717) is 11.2 Å². The lowest BCUT2D eigenvalue weighted by Crippen LogP contribution is -2.37. The van der Waals surface area contributed by atoms with Crippen LogP contribution in [0.25, 0.3) is 16.9 Å². The molecule has 0 saturated heterocycles. The van der Waals surface area contributed by atoms with Crippen LogP contribution in [-0.4, -0.2) is 23.1 Å². The van der Waals surface area contributed by atoms with Crippen molar-refractivity contribution in [1.82, 2.24) is 23.1 Å². The first kappa shape index (κ1) is 17.5. The minimum Gasteiger partial charge on any atom is -0.314 e. The quantitative estimate of drug-likeness (QED) is 0.644. The maximum atomic E-state index is 12.7. The Balaban J connectivity index is 2.16. The number of fused-ring (bicyclic) bond motifs is 3. The number of nitrogens with zero attached hydrogens (tertiary/aromatic N) is 5. The molecule has 7 nitrogen and oxygen atoms in total. The summed E-state index contributed by atoms with van der Waals surface area (Å²) in [6, 6.07) is 0. The minimum absolute atomic E-state index is 0.297. The highest BCUT2D eigenvalue weighted by Gasteiger charge is 2.21. The fraction of sp³-hybridized carbons (Fsp3) is 0.611. The molecule has 0 N–H and O–H groups in total. The molecule has 3 aromatic rings. The summed E-state index contributed by atoms with van der Waals surface area (Å²) in [5.74, 6) is 0.749. The van der Waals surface area contributed by atoms with Gasteiger partial charge in [-0.15, -0.1) is 0 Å². The number of aromatic nitrogens is 5. The number of aryl methyl sites for hydroxylation is 3. The first-order valence-electron chi connectivity index (χ1n) is 9.04. The van der Waals surface area contributed by atoms with Crippen molar-refractivity contribution in [2.45, 2.75) is 59.4 Å². The van der Waals surface area contributed by atoms with E-state index in [9.17, 15) is 9.59 Å². The van der Waals surface area contributed by atoms with Gasteiger partial charge >= 0.3 is 5.69 Å². The third-order valence-electron chi connectivity index (χ3n) is 5.23. The highest BCUT2D eigenvalue weighted by molar-refractivity contribution is 5.76. The summed E-state index contributed by atoms with van der Waals surface area (Å²) in [6.07, 6.45) is 6.03. The molecular weight excluding hydrogens is 318 g/mol. The van der Waals surface area contributed by atoms with Crippen molar-refractivity contribution in [3.05, 3.63) is 32.2 Å². The summed E-state index contributed by atoms with van der Waals surface area (Å²) in [5, 5.41) is 0. The molecule has 0 bridgehead atoms. The van der Waals surface area contributed by atoms with Crippen LogP contribution in [0, 0.1) is 13.8 Å². The van der Waals surface area contributed by atoms with Crippen LogP contribution < -0.4 is 11.2 Å². The summed E-state index contributed by atoms with van der Waals surface area (Å²) in [5.41, 5.74) is 2.40. The van der Waals surface area contributed by atoms with E-state index in [0.717, 1.165) is 34.7 Å². The number of hydrogen-bond acceptors (Lipinski definition) is 3. The van der Waals surface area contributed by atoms with Crippen molar-refractivity contribution < 1.29 is 0 Å². The van der Waals surface area contributed by atoms with Crippen LogP contribution in [0.4, 0.5) is 0 Å². The molecule has 0 unspecified atom stereocenters. The molecule has 0 atom stereocenters. The molecule has 0 aliphatic carbocycles. The van der Waals surface area contributed by atoms with E-state index in [1.54, 1.807) is 7.05 Å². The predicted octanol–water partition coefficient (Wildman–Crippen LogP) is 2.27. The van der Waals surface area contributed by atoms with E-state index < -0.39 is 0 Å². The highest BCUT2D eigenvalue weighted by atomic mass is 16.2. The Hall–Kier alpha value is -2.31. The van der Waals surface area contributed by atoms with Gasteiger partial charge in [0.15, 0.2) is 11.2 Å². The molecule has 136 valence electrons. The van der Waals surface area contributed by atoms with Gasteiger partial charge < -0.3 is 4.57 Å². The second-order valence-corrected chi connectivity index (χ2v) is 6.86. The van der Waals surface area contributed by atoms with Crippen LogP contribution in [0.3, 0.4) is 0 Å². The Morgan fingerprint density at radius 2 is 1.60 bits per heavy atom. The zero-order valence-electron chi connectivity index (χ0n) is 15.8. The monoisotopic (exact) mass is 345 g/mol. The van der Waals surface area contributed by atoms with E-state index in [4.69, 9.17) is 0 Å². The number of hydrogen-bond donors (Lipinski definition) is 0.